The van der Waals surface area contributed by atoms with Crippen molar-refractivity contribution in [1.82, 2.24) is 5.32 Å². The number of carbonyl (C=O) groups is 1. The maximum atomic E-state index is 12.2. The molecule has 1 amide bonds. The van der Waals surface area contributed by atoms with Crippen LogP contribution >= 0.6 is 15.9 Å². The van der Waals surface area contributed by atoms with Gasteiger partial charge in [0.15, 0.2) is 11.5 Å². The zero-order valence-electron chi connectivity index (χ0n) is 15.6. The van der Waals surface area contributed by atoms with Gasteiger partial charge in [-0.2, -0.15) is 0 Å². The standard InChI is InChI=1S/C20H25BrN2O3/c1-13(2)11-23-20(24)15-6-5-7-16(10-15)22-12-14-8-17(21)19(26-4)18(9-14)25-3/h5-10,13,22H,11-12H2,1-4H3,(H,23,24). The van der Waals surface area contributed by atoms with E-state index in [2.05, 4.69) is 40.4 Å². The van der Waals surface area contributed by atoms with Gasteiger partial charge < -0.3 is 20.1 Å². The molecule has 2 N–H and O–H groups in total. The average Bonchev–Trinajstić information content (AvgIpc) is 2.64. The van der Waals surface area contributed by atoms with E-state index in [1.165, 1.54) is 0 Å². The van der Waals surface area contributed by atoms with Gasteiger partial charge in [-0.3, -0.25) is 4.79 Å². The number of benzene rings is 2. The van der Waals surface area contributed by atoms with Crippen LogP contribution in [0.5, 0.6) is 11.5 Å². The predicted octanol–water partition coefficient (Wildman–Crippen LogP) is 4.46. The van der Waals surface area contributed by atoms with E-state index in [0.717, 1.165) is 15.7 Å². The van der Waals surface area contributed by atoms with Crippen molar-refractivity contribution in [2.24, 2.45) is 5.92 Å². The lowest BCUT2D eigenvalue weighted by Crippen LogP contribution is -2.27. The fraction of sp³-hybridized carbons (Fsp3) is 0.350. The molecule has 0 saturated heterocycles. The van der Waals surface area contributed by atoms with Crippen LogP contribution in [0, 0.1) is 5.92 Å². The highest BCUT2D eigenvalue weighted by molar-refractivity contribution is 9.10. The molecule has 0 fully saturated rings. The van der Waals surface area contributed by atoms with Gasteiger partial charge in [0.05, 0.1) is 18.7 Å². The van der Waals surface area contributed by atoms with E-state index in [1.54, 1.807) is 14.2 Å². The van der Waals surface area contributed by atoms with Crippen LogP contribution in [0.4, 0.5) is 5.69 Å². The third kappa shape index (κ3) is 5.39. The van der Waals surface area contributed by atoms with Crippen LogP contribution in [0.25, 0.3) is 0 Å². The minimum atomic E-state index is -0.0591. The third-order valence-electron chi connectivity index (χ3n) is 3.79. The lowest BCUT2D eigenvalue weighted by Gasteiger charge is -2.13. The average molecular weight is 421 g/mol. The Morgan fingerprint density at radius 2 is 1.92 bits per heavy atom. The van der Waals surface area contributed by atoms with Gasteiger partial charge in [-0.25, -0.2) is 0 Å². The Morgan fingerprint density at radius 1 is 1.15 bits per heavy atom. The van der Waals surface area contributed by atoms with Gasteiger partial charge in [-0.1, -0.05) is 19.9 Å². The van der Waals surface area contributed by atoms with Crippen molar-refractivity contribution in [3.8, 4) is 11.5 Å². The molecular formula is C20H25BrN2O3. The van der Waals surface area contributed by atoms with E-state index in [-0.39, 0.29) is 5.91 Å². The van der Waals surface area contributed by atoms with Crippen molar-refractivity contribution in [3.05, 3.63) is 52.0 Å². The number of ether oxygens (including phenoxy) is 2. The third-order valence-corrected chi connectivity index (χ3v) is 4.37. The second-order valence-corrected chi connectivity index (χ2v) is 7.21. The van der Waals surface area contributed by atoms with Crippen molar-refractivity contribution in [2.45, 2.75) is 20.4 Å². The molecule has 0 unspecified atom stereocenters. The number of hydrogen-bond acceptors (Lipinski definition) is 4. The van der Waals surface area contributed by atoms with E-state index in [0.29, 0.717) is 36.1 Å². The molecule has 0 aromatic heterocycles. The first-order valence-electron chi connectivity index (χ1n) is 8.47. The van der Waals surface area contributed by atoms with Gasteiger partial charge >= 0.3 is 0 Å². The first kappa shape index (κ1) is 20.1. The minimum Gasteiger partial charge on any atom is -0.493 e. The molecule has 26 heavy (non-hydrogen) atoms. The van der Waals surface area contributed by atoms with E-state index in [1.807, 2.05) is 36.4 Å². The van der Waals surface area contributed by atoms with E-state index >= 15 is 0 Å². The van der Waals surface area contributed by atoms with Gasteiger partial charge in [0, 0.05) is 24.3 Å². The number of amides is 1. The molecule has 2 aromatic rings. The Labute approximate surface area is 163 Å². The van der Waals surface area contributed by atoms with Crippen molar-refractivity contribution >= 4 is 27.5 Å². The van der Waals surface area contributed by atoms with Gasteiger partial charge in [-0.05, 0) is 57.7 Å². The van der Waals surface area contributed by atoms with Crippen LogP contribution < -0.4 is 20.1 Å². The van der Waals surface area contributed by atoms with Gasteiger partial charge in [0.1, 0.15) is 0 Å². The molecule has 0 aliphatic rings. The second kappa shape index (κ2) is 9.48. The van der Waals surface area contributed by atoms with Crippen molar-refractivity contribution < 1.29 is 14.3 Å². The Kier molecular flexibility index (Phi) is 7.33. The van der Waals surface area contributed by atoms with Crippen LogP contribution in [0.2, 0.25) is 0 Å². The maximum Gasteiger partial charge on any atom is 0.251 e. The van der Waals surface area contributed by atoms with Crippen LogP contribution in [0.3, 0.4) is 0 Å². The predicted molar refractivity (Wildman–Crippen MR) is 108 cm³/mol. The van der Waals surface area contributed by atoms with Crippen LogP contribution in [-0.2, 0) is 6.54 Å². The molecule has 6 heteroatoms. The molecule has 0 heterocycles. The number of carbonyl (C=O) groups excluding carboxylic acids is 1. The molecule has 0 aliphatic heterocycles. The quantitative estimate of drug-likeness (QED) is 0.661. The van der Waals surface area contributed by atoms with Crippen molar-refractivity contribution in [2.75, 3.05) is 26.1 Å². The Morgan fingerprint density at radius 3 is 2.58 bits per heavy atom. The Balaban J connectivity index is 2.07. The van der Waals surface area contributed by atoms with E-state index in [9.17, 15) is 4.79 Å². The fourth-order valence-corrected chi connectivity index (χ4v) is 3.10. The number of nitrogens with one attached hydrogen (secondary N) is 2. The highest BCUT2D eigenvalue weighted by atomic mass is 79.9. The summed E-state index contributed by atoms with van der Waals surface area (Å²) >= 11 is 3.50. The number of anilines is 1. The molecule has 2 rings (SSSR count). The topological polar surface area (TPSA) is 59.6 Å². The van der Waals surface area contributed by atoms with Crippen molar-refractivity contribution in [3.63, 3.8) is 0 Å². The summed E-state index contributed by atoms with van der Waals surface area (Å²) in [5, 5.41) is 6.27. The SMILES string of the molecule is COc1cc(CNc2cccc(C(=O)NCC(C)C)c2)cc(Br)c1OC. The molecular weight excluding hydrogens is 396 g/mol. The van der Waals surface area contributed by atoms with Gasteiger partial charge in [0.25, 0.3) is 5.91 Å². The largest absolute Gasteiger partial charge is 0.493 e. The summed E-state index contributed by atoms with van der Waals surface area (Å²) in [6.07, 6.45) is 0. The Hall–Kier alpha value is -2.21. The fourth-order valence-electron chi connectivity index (χ4n) is 2.45. The summed E-state index contributed by atoms with van der Waals surface area (Å²) in [6, 6.07) is 11.4. The Bertz CT molecular complexity index is 763. The monoisotopic (exact) mass is 420 g/mol. The molecule has 0 saturated carbocycles. The molecule has 0 atom stereocenters. The first-order chi connectivity index (χ1) is 12.4. The lowest BCUT2D eigenvalue weighted by molar-refractivity contribution is 0.0949. The number of halogens is 1. The summed E-state index contributed by atoms with van der Waals surface area (Å²) in [6.45, 7) is 5.39. The van der Waals surface area contributed by atoms with Crippen molar-refractivity contribution in [1.29, 1.82) is 0 Å². The molecule has 0 spiro atoms. The van der Waals surface area contributed by atoms with Crippen LogP contribution in [0.1, 0.15) is 29.8 Å². The number of rotatable bonds is 8. The van der Waals surface area contributed by atoms with Gasteiger partial charge in [-0.15, -0.1) is 0 Å². The molecule has 0 radical (unpaired) electrons. The number of methoxy groups -OCH3 is 2. The smallest absolute Gasteiger partial charge is 0.251 e. The zero-order valence-corrected chi connectivity index (χ0v) is 17.1. The zero-order chi connectivity index (χ0) is 19.1. The highest BCUT2D eigenvalue weighted by Crippen LogP contribution is 2.36. The summed E-state index contributed by atoms with van der Waals surface area (Å²) < 4.78 is 11.5. The molecule has 0 aliphatic carbocycles. The maximum absolute atomic E-state index is 12.2. The summed E-state index contributed by atoms with van der Waals surface area (Å²) in [5.74, 6) is 1.69. The van der Waals surface area contributed by atoms with Crippen LogP contribution in [0.15, 0.2) is 40.9 Å². The molecule has 2 aromatic carbocycles. The van der Waals surface area contributed by atoms with Gasteiger partial charge in [0.2, 0.25) is 0 Å². The normalized spacial score (nSPS) is 10.5. The molecule has 140 valence electrons. The summed E-state index contributed by atoms with van der Waals surface area (Å²) in [4.78, 5) is 12.2. The molecule has 0 bridgehead atoms. The van der Waals surface area contributed by atoms with E-state index in [4.69, 9.17) is 9.47 Å². The van der Waals surface area contributed by atoms with E-state index < -0.39 is 0 Å². The lowest BCUT2D eigenvalue weighted by atomic mass is 10.1. The number of hydrogen-bond donors (Lipinski definition) is 2. The first-order valence-corrected chi connectivity index (χ1v) is 9.26. The minimum absolute atomic E-state index is 0.0591. The highest BCUT2D eigenvalue weighted by Gasteiger charge is 2.11. The summed E-state index contributed by atoms with van der Waals surface area (Å²) in [5.41, 5.74) is 2.56. The van der Waals surface area contributed by atoms with Crippen LogP contribution in [-0.4, -0.2) is 26.7 Å². The second-order valence-electron chi connectivity index (χ2n) is 6.35. The summed E-state index contributed by atoms with van der Waals surface area (Å²) in [7, 11) is 3.22. The molecule has 5 nitrogen and oxygen atoms in total.